The van der Waals surface area contributed by atoms with Gasteiger partial charge in [-0.2, -0.15) is 0 Å². The number of morpholine rings is 1. The Hall–Kier alpha value is -1.89. The maximum Gasteiger partial charge on any atom is 0.328 e. The number of hydrogen-bond donors (Lipinski definition) is 1. The minimum atomic E-state index is -0.922. The second-order valence-corrected chi connectivity index (χ2v) is 4.19. The first-order chi connectivity index (χ1) is 9.22. The van der Waals surface area contributed by atoms with Crippen molar-refractivity contribution in [1.82, 2.24) is 9.97 Å². The Morgan fingerprint density at radius 3 is 3.21 bits per heavy atom. The van der Waals surface area contributed by atoms with E-state index in [0.29, 0.717) is 31.5 Å². The van der Waals surface area contributed by atoms with E-state index in [1.165, 1.54) is 6.33 Å². The van der Waals surface area contributed by atoms with Crippen LogP contribution in [-0.4, -0.2) is 53.5 Å². The highest BCUT2D eigenvalue weighted by atomic mass is 16.5. The van der Waals surface area contributed by atoms with Gasteiger partial charge in [0.15, 0.2) is 6.04 Å². The van der Waals surface area contributed by atoms with Crippen LogP contribution in [0.15, 0.2) is 12.4 Å². The number of carboxylic acid groups (broad SMARTS) is 1. The summed E-state index contributed by atoms with van der Waals surface area (Å²) in [5.41, 5.74) is 0. The monoisotopic (exact) mass is 267 g/mol. The van der Waals surface area contributed by atoms with Gasteiger partial charge in [-0.3, -0.25) is 0 Å². The maximum atomic E-state index is 11.2. The molecule has 1 N–H and O–H groups in total. The van der Waals surface area contributed by atoms with E-state index in [4.69, 9.17) is 9.47 Å². The number of rotatable bonds is 5. The van der Waals surface area contributed by atoms with Crippen molar-refractivity contribution in [3.8, 4) is 5.88 Å². The van der Waals surface area contributed by atoms with Crippen LogP contribution >= 0.6 is 0 Å². The van der Waals surface area contributed by atoms with Crippen LogP contribution in [0.1, 0.15) is 13.3 Å². The summed E-state index contributed by atoms with van der Waals surface area (Å²) in [5.74, 6) is 0.0913. The number of aliphatic carboxylic acids is 1. The van der Waals surface area contributed by atoms with Crippen molar-refractivity contribution in [1.29, 1.82) is 0 Å². The smallest absolute Gasteiger partial charge is 0.328 e. The van der Waals surface area contributed by atoms with Crippen molar-refractivity contribution in [3.05, 3.63) is 12.4 Å². The lowest BCUT2D eigenvalue weighted by Crippen LogP contribution is -2.50. The molecule has 1 atom stereocenters. The van der Waals surface area contributed by atoms with Crippen molar-refractivity contribution in [2.45, 2.75) is 19.4 Å². The Kier molecular flexibility index (Phi) is 4.51. The predicted molar refractivity (Wildman–Crippen MR) is 67.4 cm³/mol. The van der Waals surface area contributed by atoms with Crippen LogP contribution in [0.3, 0.4) is 0 Å². The Labute approximate surface area is 111 Å². The van der Waals surface area contributed by atoms with Gasteiger partial charge in [0.05, 0.1) is 19.8 Å². The summed E-state index contributed by atoms with van der Waals surface area (Å²) in [6.07, 6.45) is 2.27. The third-order valence-electron chi connectivity index (χ3n) is 2.79. The van der Waals surface area contributed by atoms with E-state index in [1.807, 2.05) is 6.92 Å². The number of hydrogen-bond acceptors (Lipinski definition) is 6. The van der Waals surface area contributed by atoms with E-state index < -0.39 is 12.0 Å². The van der Waals surface area contributed by atoms with E-state index >= 15 is 0 Å². The molecule has 7 heteroatoms. The molecule has 104 valence electrons. The predicted octanol–water partition coefficient (Wildman–Crippen LogP) is 0.555. The minimum Gasteiger partial charge on any atom is -0.480 e. The number of nitrogens with zero attached hydrogens (tertiary/aromatic N) is 3. The maximum absolute atomic E-state index is 11.2. The van der Waals surface area contributed by atoms with Crippen molar-refractivity contribution in [2.24, 2.45) is 0 Å². The third-order valence-corrected chi connectivity index (χ3v) is 2.79. The molecule has 1 aliphatic heterocycles. The Bertz CT molecular complexity index is 441. The molecule has 1 aliphatic rings. The lowest BCUT2D eigenvalue weighted by atomic mass is 10.2. The van der Waals surface area contributed by atoms with Gasteiger partial charge in [0.2, 0.25) is 5.88 Å². The summed E-state index contributed by atoms with van der Waals surface area (Å²) in [6, 6.07) is 0.944. The molecule has 1 aromatic heterocycles. The highest BCUT2D eigenvalue weighted by molar-refractivity contribution is 5.78. The van der Waals surface area contributed by atoms with Gasteiger partial charge in [0, 0.05) is 12.6 Å². The average molecular weight is 267 g/mol. The van der Waals surface area contributed by atoms with Crippen LogP contribution < -0.4 is 9.64 Å². The summed E-state index contributed by atoms with van der Waals surface area (Å²) in [6.45, 7) is 3.71. The molecule has 0 spiro atoms. The topological polar surface area (TPSA) is 84.8 Å². The third kappa shape index (κ3) is 3.31. The minimum absolute atomic E-state index is 0.157. The van der Waals surface area contributed by atoms with Gasteiger partial charge in [0.1, 0.15) is 12.1 Å². The molecule has 1 saturated heterocycles. The molecule has 0 bridgehead atoms. The summed E-state index contributed by atoms with van der Waals surface area (Å²) in [7, 11) is 0. The summed E-state index contributed by atoms with van der Waals surface area (Å²) in [5, 5.41) is 9.18. The molecular formula is C12H17N3O4. The van der Waals surface area contributed by atoms with Gasteiger partial charge >= 0.3 is 5.97 Å². The van der Waals surface area contributed by atoms with Crippen molar-refractivity contribution in [2.75, 3.05) is 31.3 Å². The molecule has 2 rings (SSSR count). The van der Waals surface area contributed by atoms with Crippen LogP contribution in [0.2, 0.25) is 0 Å². The molecule has 2 heterocycles. The lowest BCUT2D eigenvalue weighted by molar-refractivity contribution is -0.141. The lowest BCUT2D eigenvalue weighted by Gasteiger charge is -2.33. The van der Waals surface area contributed by atoms with Crippen LogP contribution in [0.25, 0.3) is 0 Å². The molecule has 0 radical (unpaired) electrons. The summed E-state index contributed by atoms with van der Waals surface area (Å²) in [4.78, 5) is 21.0. The summed E-state index contributed by atoms with van der Waals surface area (Å²) >= 11 is 0. The van der Waals surface area contributed by atoms with Crippen molar-refractivity contribution >= 4 is 11.8 Å². The van der Waals surface area contributed by atoms with Gasteiger partial charge in [-0.1, -0.05) is 6.92 Å². The van der Waals surface area contributed by atoms with Crippen LogP contribution in [0.4, 0.5) is 5.82 Å². The van der Waals surface area contributed by atoms with Crippen LogP contribution in [0, 0.1) is 0 Å². The molecule has 7 nitrogen and oxygen atoms in total. The van der Waals surface area contributed by atoms with Gasteiger partial charge in [-0.05, 0) is 6.42 Å². The van der Waals surface area contributed by atoms with E-state index in [-0.39, 0.29) is 6.61 Å². The fourth-order valence-electron chi connectivity index (χ4n) is 1.86. The van der Waals surface area contributed by atoms with Gasteiger partial charge < -0.3 is 19.5 Å². The zero-order chi connectivity index (χ0) is 13.7. The van der Waals surface area contributed by atoms with Crippen LogP contribution in [0.5, 0.6) is 5.88 Å². The molecule has 1 aromatic rings. The molecular weight excluding hydrogens is 250 g/mol. The zero-order valence-corrected chi connectivity index (χ0v) is 10.8. The summed E-state index contributed by atoms with van der Waals surface area (Å²) < 4.78 is 10.6. The van der Waals surface area contributed by atoms with Gasteiger partial charge in [-0.15, -0.1) is 0 Å². The Morgan fingerprint density at radius 2 is 2.47 bits per heavy atom. The largest absolute Gasteiger partial charge is 0.480 e. The second kappa shape index (κ2) is 6.33. The van der Waals surface area contributed by atoms with E-state index in [1.54, 1.807) is 11.0 Å². The standard InChI is InChI=1S/C12H17N3O4/c1-2-4-19-11-6-10(13-8-14-11)15-3-5-18-7-9(15)12(16)17/h6,8-9H,2-5,7H2,1H3,(H,16,17). The second-order valence-electron chi connectivity index (χ2n) is 4.19. The molecule has 1 unspecified atom stereocenters. The molecule has 0 saturated carbocycles. The molecule has 1 fully saturated rings. The first kappa shape index (κ1) is 13.5. The van der Waals surface area contributed by atoms with Crippen molar-refractivity contribution in [3.63, 3.8) is 0 Å². The molecule has 0 aromatic carbocycles. The number of aromatic nitrogens is 2. The highest BCUT2D eigenvalue weighted by Gasteiger charge is 2.30. The Morgan fingerprint density at radius 1 is 1.63 bits per heavy atom. The quantitative estimate of drug-likeness (QED) is 0.834. The first-order valence-corrected chi connectivity index (χ1v) is 6.24. The SMILES string of the molecule is CCCOc1cc(N2CCOCC2C(=O)O)ncn1. The average Bonchev–Trinajstić information content (AvgIpc) is 2.45. The first-order valence-electron chi connectivity index (χ1n) is 6.24. The number of carboxylic acids is 1. The fraction of sp³-hybridized carbons (Fsp3) is 0.583. The highest BCUT2D eigenvalue weighted by Crippen LogP contribution is 2.20. The fourth-order valence-corrected chi connectivity index (χ4v) is 1.86. The molecule has 0 aliphatic carbocycles. The van der Waals surface area contributed by atoms with Gasteiger partial charge in [-0.25, -0.2) is 14.8 Å². The zero-order valence-electron chi connectivity index (χ0n) is 10.8. The number of ether oxygens (including phenoxy) is 2. The number of anilines is 1. The van der Waals surface area contributed by atoms with Gasteiger partial charge in [0.25, 0.3) is 0 Å². The molecule has 19 heavy (non-hydrogen) atoms. The van der Waals surface area contributed by atoms with E-state index in [2.05, 4.69) is 9.97 Å². The van der Waals surface area contributed by atoms with Crippen LogP contribution in [-0.2, 0) is 9.53 Å². The van der Waals surface area contributed by atoms with E-state index in [0.717, 1.165) is 6.42 Å². The molecule has 0 amide bonds. The van der Waals surface area contributed by atoms with Crippen molar-refractivity contribution < 1.29 is 19.4 Å². The number of carbonyl (C=O) groups is 1. The Balaban J connectivity index is 2.16. The normalized spacial score (nSPS) is 19.2. The van der Waals surface area contributed by atoms with E-state index in [9.17, 15) is 9.90 Å².